The minimum absolute atomic E-state index is 0.0578. The second-order valence-corrected chi connectivity index (χ2v) is 9.46. The molecule has 9 heteroatoms. The molecule has 3 N–H and O–H groups in total. The first-order valence-corrected chi connectivity index (χ1v) is 13.3. The van der Waals surface area contributed by atoms with Crippen molar-refractivity contribution in [1.82, 2.24) is 10.6 Å². The molecule has 0 radical (unpaired) electrons. The lowest BCUT2D eigenvalue weighted by Gasteiger charge is -2.38. The highest BCUT2D eigenvalue weighted by atomic mass is 16.5. The van der Waals surface area contributed by atoms with Gasteiger partial charge >= 0.3 is 6.03 Å². The van der Waals surface area contributed by atoms with Gasteiger partial charge in [-0.05, 0) is 49.6 Å². The van der Waals surface area contributed by atoms with Crippen molar-refractivity contribution in [3.63, 3.8) is 0 Å². The van der Waals surface area contributed by atoms with Gasteiger partial charge in [-0.3, -0.25) is 4.79 Å². The number of unbranched alkanes of at least 4 members (excludes halogenated alkanes) is 1. The van der Waals surface area contributed by atoms with Gasteiger partial charge in [0.2, 0.25) is 0 Å². The molecule has 2 aliphatic rings. The lowest BCUT2D eigenvalue weighted by molar-refractivity contribution is 0.0858. The molecule has 3 amide bonds. The van der Waals surface area contributed by atoms with Crippen molar-refractivity contribution >= 4 is 29.0 Å². The van der Waals surface area contributed by atoms with Crippen molar-refractivity contribution in [2.24, 2.45) is 0 Å². The smallest absolute Gasteiger partial charge is 0.319 e. The van der Waals surface area contributed by atoms with E-state index in [0.717, 1.165) is 75.6 Å². The van der Waals surface area contributed by atoms with Gasteiger partial charge in [0.05, 0.1) is 24.5 Å². The van der Waals surface area contributed by atoms with Gasteiger partial charge in [-0.15, -0.1) is 0 Å². The molecular weight excluding hydrogens is 470 g/mol. The average molecular weight is 510 g/mol. The largest absolute Gasteiger partial charge is 0.495 e. The van der Waals surface area contributed by atoms with Gasteiger partial charge in [-0.1, -0.05) is 25.5 Å². The van der Waals surface area contributed by atoms with Crippen molar-refractivity contribution in [3.05, 3.63) is 48.0 Å². The Hall–Kier alpha value is -3.46. The fraction of sp³-hybridized carbons (Fsp3) is 0.500. The van der Waals surface area contributed by atoms with E-state index in [1.165, 1.54) is 0 Å². The molecule has 2 aromatic carbocycles. The van der Waals surface area contributed by atoms with E-state index in [0.29, 0.717) is 24.3 Å². The van der Waals surface area contributed by atoms with Gasteiger partial charge in [0.15, 0.2) is 0 Å². The summed E-state index contributed by atoms with van der Waals surface area (Å²) in [5.41, 5.74) is 3.08. The van der Waals surface area contributed by atoms with Crippen LogP contribution in [0, 0.1) is 0 Å². The van der Waals surface area contributed by atoms with Gasteiger partial charge in [0, 0.05) is 57.3 Å². The lowest BCUT2D eigenvalue weighted by atomic mass is 10.1. The highest BCUT2D eigenvalue weighted by Gasteiger charge is 2.24. The van der Waals surface area contributed by atoms with E-state index >= 15 is 0 Å². The maximum absolute atomic E-state index is 13.3. The van der Waals surface area contributed by atoms with Crippen molar-refractivity contribution in [3.8, 4) is 5.75 Å². The molecule has 0 aliphatic carbocycles. The summed E-state index contributed by atoms with van der Waals surface area (Å²) in [6.07, 6.45) is 3.97. The molecule has 4 rings (SSSR count). The predicted octanol–water partition coefficient (Wildman–Crippen LogP) is 3.85. The number of hydrogen-bond acceptors (Lipinski definition) is 6. The van der Waals surface area contributed by atoms with Gasteiger partial charge in [-0.2, -0.15) is 0 Å². The minimum Gasteiger partial charge on any atom is -0.495 e. The Bertz CT molecular complexity index is 1050. The Labute approximate surface area is 219 Å². The maximum atomic E-state index is 13.3. The Morgan fingerprint density at radius 2 is 1.78 bits per heavy atom. The van der Waals surface area contributed by atoms with E-state index in [-0.39, 0.29) is 18.0 Å². The van der Waals surface area contributed by atoms with Crippen molar-refractivity contribution < 1.29 is 19.1 Å². The summed E-state index contributed by atoms with van der Waals surface area (Å²) in [5, 5.41) is 8.77. The molecule has 0 aromatic heterocycles. The molecule has 2 aliphatic heterocycles. The van der Waals surface area contributed by atoms with Crippen LogP contribution in [0.4, 0.5) is 21.9 Å². The number of carbonyl (C=O) groups excluding carboxylic acids is 2. The lowest BCUT2D eigenvalue weighted by Crippen LogP contribution is -2.47. The summed E-state index contributed by atoms with van der Waals surface area (Å²) < 4.78 is 11.2. The number of urea groups is 1. The van der Waals surface area contributed by atoms with E-state index in [9.17, 15) is 9.59 Å². The summed E-state index contributed by atoms with van der Waals surface area (Å²) in [7, 11) is 1.69. The summed E-state index contributed by atoms with van der Waals surface area (Å²) in [6, 6.07) is 13.3. The Kier molecular flexibility index (Phi) is 9.48. The summed E-state index contributed by atoms with van der Waals surface area (Å²) in [6.45, 7) is 7.04. The number of anilines is 3. The van der Waals surface area contributed by atoms with E-state index in [1.54, 1.807) is 13.2 Å². The van der Waals surface area contributed by atoms with Crippen LogP contribution in [-0.4, -0.2) is 71.0 Å². The van der Waals surface area contributed by atoms with Gasteiger partial charge in [0.1, 0.15) is 5.75 Å². The third kappa shape index (κ3) is 7.07. The number of piperazine rings is 1. The number of ether oxygens (including phenoxy) is 2. The molecule has 37 heavy (non-hydrogen) atoms. The van der Waals surface area contributed by atoms with Crippen LogP contribution in [0.15, 0.2) is 42.5 Å². The van der Waals surface area contributed by atoms with Crippen LogP contribution in [-0.2, 0) is 4.74 Å². The molecule has 2 heterocycles. The number of amides is 3. The maximum Gasteiger partial charge on any atom is 0.319 e. The molecule has 2 aromatic rings. The fourth-order valence-electron chi connectivity index (χ4n) is 4.81. The van der Waals surface area contributed by atoms with Crippen LogP contribution in [0.2, 0.25) is 0 Å². The summed E-state index contributed by atoms with van der Waals surface area (Å²) >= 11 is 0. The highest BCUT2D eigenvalue weighted by Crippen LogP contribution is 2.31. The molecule has 0 spiro atoms. The molecule has 0 bridgehead atoms. The van der Waals surface area contributed by atoms with Crippen LogP contribution in [0.25, 0.3) is 0 Å². The van der Waals surface area contributed by atoms with Gasteiger partial charge in [-0.25, -0.2) is 4.79 Å². The number of benzene rings is 2. The summed E-state index contributed by atoms with van der Waals surface area (Å²) in [5.74, 6) is 0.700. The van der Waals surface area contributed by atoms with Crippen molar-refractivity contribution in [2.45, 2.75) is 38.7 Å². The molecular formula is C28H39N5O4. The number of para-hydroxylation sites is 2. The quantitative estimate of drug-likeness (QED) is 0.421. The predicted molar refractivity (Wildman–Crippen MR) is 147 cm³/mol. The van der Waals surface area contributed by atoms with Crippen LogP contribution < -0.4 is 30.5 Å². The topological polar surface area (TPSA) is 95.2 Å². The third-order valence-corrected chi connectivity index (χ3v) is 6.88. The average Bonchev–Trinajstić information content (AvgIpc) is 3.46. The standard InChI is InChI=1S/C28H39N5O4/c1-3-4-13-29-28(35)31-21-11-12-24(23(19-21)27(34)30-20-22-8-7-18-37-22)32-14-16-33(17-15-32)25-9-5-6-10-26(25)36-2/h5-6,9-12,19,22H,3-4,7-8,13-18,20H2,1-2H3,(H,30,34)(H2,29,31,35). The van der Waals surface area contributed by atoms with Crippen molar-refractivity contribution in [1.29, 1.82) is 0 Å². The number of hydrogen-bond donors (Lipinski definition) is 3. The molecule has 9 nitrogen and oxygen atoms in total. The van der Waals surface area contributed by atoms with E-state index in [1.807, 2.05) is 30.3 Å². The van der Waals surface area contributed by atoms with Gasteiger partial charge in [0.25, 0.3) is 5.91 Å². The van der Waals surface area contributed by atoms with Crippen LogP contribution in [0.5, 0.6) is 5.75 Å². The highest BCUT2D eigenvalue weighted by molar-refractivity contribution is 6.02. The van der Waals surface area contributed by atoms with Crippen LogP contribution in [0.3, 0.4) is 0 Å². The number of nitrogens with one attached hydrogen (secondary N) is 3. The third-order valence-electron chi connectivity index (χ3n) is 6.88. The zero-order valence-corrected chi connectivity index (χ0v) is 21.9. The molecule has 0 saturated carbocycles. The monoisotopic (exact) mass is 509 g/mol. The van der Waals surface area contributed by atoms with E-state index in [4.69, 9.17) is 9.47 Å². The second kappa shape index (κ2) is 13.2. The second-order valence-electron chi connectivity index (χ2n) is 9.46. The number of rotatable bonds is 10. The SMILES string of the molecule is CCCCNC(=O)Nc1ccc(N2CCN(c3ccccc3OC)CC2)c(C(=O)NCC2CCCO2)c1. The first-order valence-electron chi connectivity index (χ1n) is 13.3. The normalized spacial score (nSPS) is 17.4. The van der Waals surface area contributed by atoms with E-state index in [2.05, 4.69) is 38.7 Å². The Morgan fingerprint density at radius 1 is 1.03 bits per heavy atom. The van der Waals surface area contributed by atoms with Crippen LogP contribution >= 0.6 is 0 Å². The fourth-order valence-corrected chi connectivity index (χ4v) is 4.81. The number of methoxy groups -OCH3 is 1. The summed E-state index contributed by atoms with van der Waals surface area (Å²) in [4.78, 5) is 30.2. The van der Waals surface area contributed by atoms with Gasteiger partial charge < -0.3 is 35.2 Å². The molecule has 2 fully saturated rings. The Balaban J connectivity index is 1.48. The first kappa shape index (κ1) is 26.6. The van der Waals surface area contributed by atoms with Crippen LogP contribution in [0.1, 0.15) is 43.0 Å². The zero-order valence-electron chi connectivity index (χ0n) is 21.9. The van der Waals surface area contributed by atoms with E-state index < -0.39 is 0 Å². The minimum atomic E-state index is -0.266. The molecule has 1 unspecified atom stereocenters. The molecule has 200 valence electrons. The Morgan fingerprint density at radius 3 is 2.49 bits per heavy atom. The number of carbonyl (C=O) groups is 2. The zero-order chi connectivity index (χ0) is 26.0. The number of nitrogens with zero attached hydrogens (tertiary/aromatic N) is 2. The first-order chi connectivity index (χ1) is 18.1. The van der Waals surface area contributed by atoms with Crippen molar-refractivity contribution in [2.75, 3.05) is 68.1 Å². The molecule has 1 atom stereocenters. The molecule has 2 saturated heterocycles.